The van der Waals surface area contributed by atoms with Gasteiger partial charge in [-0.3, -0.25) is 4.31 Å². The fraction of sp³-hybridized carbons (Fsp3) is 0.136. The van der Waals surface area contributed by atoms with Crippen LogP contribution in [-0.2, 0) is 6.54 Å². The van der Waals surface area contributed by atoms with Gasteiger partial charge in [-0.1, -0.05) is 35.1 Å². The van der Waals surface area contributed by atoms with Gasteiger partial charge in [-0.2, -0.15) is 0 Å². The Morgan fingerprint density at radius 2 is 1.84 bits per heavy atom. The molecule has 3 aromatic carbocycles. The van der Waals surface area contributed by atoms with Gasteiger partial charge in [-0.05, 0) is 42.3 Å². The van der Waals surface area contributed by atoms with Crippen LogP contribution in [0.1, 0.15) is 5.56 Å². The number of rotatable bonds is 7. The van der Waals surface area contributed by atoms with Gasteiger partial charge in [0.25, 0.3) is 0 Å². The molecule has 0 saturated carbocycles. The van der Waals surface area contributed by atoms with Crippen LogP contribution in [0.2, 0.25) is 5.02 Å². The number of halogens is 3. The number of thiazole rings is 1. The van der Waals surface area contributed by atoms with Gasteiger partial charge in [0, 0.05) is 17.7 Å². The van der Waals surface area contributed by atoms with Gasteiger partial charge in [-0.15, -0.1) is 0 Å². The van der Waals surface area contributed by atoms with Crippen LogP contribution in [0, 0.1) is 11.6 Å². The molecule has 0 spiro atoms. The lowest BCUT2D eigenvalue weighted by Gasteiger charge is -2.22. The Kier molecular flexibility index (Phi) is 6.50. The van der Waals surface area contributed by atoms with E-state index in [2.05, 4.69) is 0 Å². The van der Waals surface area contributed by atoms with Gasteiger partial charge in [-0.25, -0.2) is 13.8 Å². The Bertz CT molecular complexity index is 1200. The van der Waals surface area contributed by atoms with Crippen LogP contribution in [0.5, 0.6) is 11.5 Å². The number of fused-ring (bicyclic) bond motifs is 1. The van der Waals surface area contributed by atoms with E-state index in [9.17, 15) is 8.78 Å². The molecule has 0 radical (unpaired) electrons. The second-order valence-electron chi connectivity index (χ2n) is 6.47. The van der Waals surface area contributed by atoms with Crippen molar-refractivity contribution in [1.29, 1.82) is 0 Å². The maximum atomic E-state index is 14.5. The summed E-state index contributed by atoms with van der Waals surface area (Å²) >= 11 is 8.48. The van der Waals surface area contributed by atoms with E-state index in [1.165, 1.54) is 17.4 Å². The number of ether oxygens (including phenoxy) is 2. The van der Waals surface area contributed by atoms with E-state index < -0.39 is 11.6 Å². The summed E-state index contributed by atoms with van der Waals surface area (Å²) in [6.45, 7) is 0.353. The first-order valence-corrected chi connectivity index (χ1v) is 11.1. The van der Waals surface area contributed by atoms with Crippen LogP contribution in [0.15, 0.2) is 59.5 Å². The Morgan fingerprint density at radius 3 is 2.58 bits per heavy atom. The molecule has 0 unspecified atom stereocenters. The van der Waals surface area contributed by atoms with Gasteiger partial charge in [0.15, 0.2) is 5.13 Å². The number of hydrogen-bond donors (Lipinski definition) is 0. The van der Waals surface area contributed by atoms with Crippen molar-refractivity contribution in [3.63, 3.8) is 0 Å². The highest BCUT2D eigenvalue weighted by Crippen LogP contribution is 2.39. The zero-order valence-corrected chi connectivity index (χ0v) is 19.0. The monoisotopic (exact) mass is 478 g/mol. The van der Waals surface area contributed by atoms with Crippen molar-refractivity contribution >= 4 is 50.2 Å². The lowest BCUT2D eigenvalue weighted by atomic mass is 10.2. The molecule has 4 rings (SSSR count). The molecule has 0 saturated heterocycles. The summed E-state index contributed by atoms with van der Waals surface area (Å²) in [7, 11) is 3.16. The van der Waals surface area contributed by atoms with Gasteiger partial charge >= 0.3 is 0 Å². The van der Waals surface area contributed by atoms with E-state index in [0.29, 0.717) is 23.2 Å². The first kappa shape index (κ1) is 21.7. The largest absolute Gasteiger partial charge is 0.497 e. The molecule has 160 valence electrons. The summed E-state index contributed by atoms with van der Waals surface area (Å²) in [6.07, 6.45) is 0. The third kappa shape index (κ3) is 4.71. The molecule has 1 heterocycles. The highest BCUT2D eigenvalue weighted by atomic mass is 35.5. The number of methoxy groups -OCH3 is 2. The molecule has 1 aromatic heterocycles. The maximum absolute atomic E-state index is 14.5. The Morgan fingerprint density at radius 1 is 1.03 bits per heavy atom. The highest BCUT2D eigenvalue weighted by molar-refractivity contribution is 8.00. The number of nitrogens with zero attached hydrogens (tertiary/aromatic N) is 2. The third-order valence-corrected chi connectivity index (χ3v) is 6.98. The van der Waals surface area contributed by atoms with Crippen molar-refractivity contribution in [1.82, 2.24) is 4.98 Å². The lowest BCUT2D eigenvalue weighted by molar-refractivity contribution is 0.391. The molecule has 0 bridgehead atoms. The first-order valence-electron chi connectivity index (χ1n) is 9.15. The molecular formula is C22H17ClF2N2O2S2. The second kappa shape index (κ2) is 9.30. The Hall–Kier alpha value is -2.55. The number of benzene rings is 3. The molecule has 0 fully saturated rings. The first-order chi connectivity index (χ1) is 15.0. The van der Waals surface area contributed by atoms with Gasteiger partial charge in [0.2, 0.25) is 0 Å². The average Bonchev–Trinajstić information content (AvgIpc) is 3.21. The molecule has 9 heteroatoms. The molecular weight excluding hydrogens is 462 g/mol. The SMILES string of the molecule is COc1ccc(CN(Sc2cc(Cl)c(F)cc2F)c2nc3ccccc3s2)c(OC)c1. The summed E-state index contributed by atoms with van der Waals surface area (Å²) in [4.78, 5) is 4.89. The van der Waals surface area contributed by atoms with Crippen LogP contribution in [0.3, 0.4) is 0 Å². The van der Waals surface area contributed by atoms with Crippen LogP contribution in [0.25, 0.3) is 10.2 Å². The molecule has 0 aliphatic rings. The molecule has 0 aliphatic heterocycles. The number of para-hydroxylation sites is 1. The summed E-state index contributed by atoms with van der Waals surface area (Å²) in [5.74, 6) is -0.202. The quantitative estimate of drug-likeness (QED) is 0.212. The molecule has 0 atom stereocenters. The second-order valence-corrected chi connectivity index (χ2v) is 8.95. The van der Waals surface area contributed by atoms with Crippen molar-refractivity contribution in [3.05, 3.63) is 76.8 Å². The topological polar surface area (TPSA) is 34.6 Å². The third-order valence-electron chi connectivity index (χ3n) is 4.49. The van der Waals surface area contributed by atoms with E-state index in [1.54, 1.807) is 20.3 Å². The smallest absolute Gasteiger partial charge is 0.197 e. The standard InChI is InChI=1S/C22H17ClF2N2O2S2/c1-28-14-8-7-13(19(9-14)29-2)12-27(22-26-18-5-3-4-6-20(18)30-22)31-21-10-15(23)16(24)11-17(21)25/h3-11H,12H2,1-2H3. The van der Waals surface area contributed by atoms with Crippen LogP contribution >= 0.6 is 34.9 Å². The van der Waals surface area contributed by atoms with Crippen molar-refractivity contribution in [2.24, 2.45) is 0 Å². The fourth-order valence-electron chi connectivity index (χ4n) is 2.94. The van der Waals surface area contributed by atoms with E-state index >= 15 is 0 Å². The molecule has 0 amide bonds. The normalized spacial score (nSPS) is 11.0. The number of hydrogen-bond acceptors (Lipinski definition) is 6. The summed E-state index contributed by atoms with van der Waals surface area (Å²) < 4.78 is 41.8. The van der Waals surface area contributed by atoms with E-state index in [4.69, 9.17) is 26.1 Å². The molecule has 0 aliphatic carbocycles. The maximum Gasteiger partial charge on any atom is 0.197 e. The Balaban J connectivity index is 1.75. The zero-order chi connectivity index (χ0) is 22.0. The number of aromatic nitrogens is 1. The predicted octanol–water partition coefficient (Wildman–Crippen LogP) is 6.96. The summed E-state index contributed by atoms with van der Waals surface area (Å²) in [5.41, 5.74) is 1.69. The minimum atomic E-state index is -0.799. The van der Waals surface area contributed by atoms with Crippen molar-refractivity contribution in [2.45, 2.75) is 11.4 Å². The van der Waals surface area contributed by atoms with Gasteiger partial charge in [0.05, 0.1) is 40.9 Å². The van der Waals surface area contributed by atoms with Crippen LogP contribution in [0.4, 0.5) is 13.9 Å². The predicted molar refractivity (Wildman–Crippen MR) is 123 cm³/mol. The van der Waals surface area contributed by atoms with Gasteiger partial charge < -0.3 is 9.47 Å². The molecule has 4 nitrogen and oxygen atoms in total. The van der Waals surface area contributed by atoms with E-state index in [1.807, 2.05) is 40.7 Å². The minimum Gasteiger partial charge on any atom is -0.497 e. The van der Waals surface area contributed by atoms with Crippen LogP contribution < -0.4 is 13.8 Å². The zero-order valence-electron chi connectivity index (χ0n) is 16.6. The minimum absolute atomic E-state index is 0.143. The van der Waals surface area contributed by atoms with Crippen molar-refractivity contribution in [3.8, 4) is 11.5 Å². The summed E-state index contributed by atoms with van der Waals surface area (Å²) in [5, 5.41) is 0.527. The fourth-order valence-corrected chi connectivity index (χ4v) is 5.14. The molecule has 31 heavy (non-hydrogen) atoms. The lowest BCUT2D eigenvalue weighted by Crippen LogP contribution is -2.15. The van der Waals surface area contributed by atoms with Crippen LogP contribution in [-0.4, -0.2) is 19.2 Å². The number of anilines is 1. The van der Waals surface area contributed by atoms with Crippen molar-refractivity contribution in [2.75, 3.05) is 18.5 Å². The van der Waals surface area contributed by atoms with E-state index in [-0.39, 0.29) is 9.92 Å². The summed E-state index contributed by atoms with van der Waals surface area (Å²) in [6, 6.07) is 15.3. The van der Waals surface area contributed by atoms with Crippen molar-refractivity contribution < 1.29 is 18.3 Å². The molecule has 0 N–H and O–H groups in total. The molecule has 4 aromatic rings. The van der Waals surface area contributed by atoms with Gasteiger partial charge in [0.1, 0.15) is 23.1 Å². The highest BCUT2D eigenvalue weighted by Gasteiger charge is 2.20. The average molecular weight is 479 g/mol. The Labute approximate surface area is 191 Å². The van der Waals surface area contributed by atoms with E-state index in [0.717, 1.165) is 33.8 Å².